The van der Waals surface area contributed by atoms with Crippen LogP contribution in [0.3, 0.4) is 0 Å². The molecule has 0 spiro atoms. The quantitative estimate of drug-likeness (QED) is 0.777. The Labute approximate surface area is 77.4 Å². The van der Waals surface area contributed by atoms with Gasteiger partial charge in [-0.3, -0.25) is 0 Å². The van der Waals surface area contributed by atoms with E-state index in [1.54, 1.807) is 13.0 Å². The number of nitrogens with zero attached hydrogens (tertiary/aromatic N) is 2. The van der Waals surface area contributed by atoms with Crippen LogP contribution in [0.15, 0.2) is 6.07 Å². The summed E-state index contributed by atoms with van der Waals surface area (Å²) in [4.78, 5) is 8.26. The summed E-state index contributed by atoms with van der Waals surface area (Å²) in [5.74, 6) is 1.39. The molecule has 1 aromatic heterocycles. The summed E-state index contributed by atoms with van der Waals surface area (Å²) in [6.45, 7) is 5.08. The van der Waals surface area contributed by atoms with Crippen molar-refractivity contribution in [1.82, 2.24) is 9.97 Å². The highest BCUT2D eigenvalue weighted by Gasteiger charge is 2.03. The van der Waals surface area contributed by atoms with E-state index in [-0.39, 0.29) is 6.04 Å². The Balaban J connectivity index is 2.77. The van der Waals surface area contributed by atoms with Gasteiger partial charge in [0.1, 0.15) is 18.3 Å². The smallest absolute Gasteiger partial charge is 0.130 e. The first kappa shape index (κ1) is 9.89. The van der Waals surface area contributed by atoms with Gasteiger partial charge in [0.15, 0.2) is 0 Å². The lowest BCUT2D eigenvalue weighted by Crippen LogP contribution is -2.18. The third kappa shape index (κ3) is 2.97. The largest absolute Gasteiger partial charge is 0.365 e. The molecule has 13 heavy (non-hydrogen) atoms. The molecular weight excluding hydrogens is 169 g/mol. The molecular formula is C9H14FN3. The molecule has 0 aliphatic rings. The second kappa shape index (κ2) is 4.16. The zero-order valence-corrected chi connectivity index (χ0v) is 8.13. The fraction of sp³-hybridized carbons (Fsp3) is 0.556. The van der Waals surface area contributed by atoms with Crippen molar-refractivity contribution in [3.8, 4) is 0 Å². The van der Waals surface area contributed by atoms with Crippen LogP contribution in [0.2, 0.25) is 0 Å². The number of aromatic nitrogens is 2. The van der Waals surface area contributed by atoms with Crippen molar-refractivity contribution in [1.29, 1.82) is 0 Å². The van der Waals surface area contributed by atoms with Crippen LogP contribution in [0.1, 0.15) is 18.4 Å². The molecule has 0 bridgehead atoms. The van der Waals surface area contributed by atoms with Gasteiger partial charge in [-0.25, -0.2) is 14.4 Å². The second-order valence-electron chi connectivity index (χ2n) is 3.14. The maximum atomic E-state index is 12.2. The van der Waals surface area contributed by atoms with Crippen molar-refractivity contribution in [3.05, 3.63) is 17.6 Å². The standard InChI is InChI=1S/C9H14FN3/c1-6-4-9(12-7(2)5-10)13-8(3)11-6/h4,7H,5H2,1-3H3,(H,11,12,13). The minimum atomic E-state index is -0.401. The number of hydrogen-bond acceptors (Lipinski definition) is 3. The second-order valence-corrected chi connectivity index (χ2v) is 3.14. The minimum absolute atomic E-state index is 0.200. The molecule has 1 N–H and O–H groups in total. The Morgan fingerprint density at radius 1 is 1.46 bits per heavy atom. The average Bonchev–Trinajstić information content (AvgIpc) is 2.02. The number of rotatable bonds is 3. The number of alkyl halides is 1. The third-order valence-corrected chi connectivity index (χ3v) is 1.59. The maximum absolute atomic E-state index is 12.2. The van der Waals surface area contributed by atoms with E-state index in [1.165, 1.54) is 0 Å². The van der Waals surface area contributed by atoms with Crippen LogP contribution < -0.4 is 5.32 Å². The van der Waals surface area contributed by atoms with Crippen LogP contribution in [0.25, 0.3) is 0 Å². The normalized spacial score (nSPS) is 12.6. The lowest BCUT2D eigenvalue weighted by molar-refractivity contribution is 0.459. The Hall–Kier alpha value is -1.19. The molecule has 0 radical (unpaired) electrons. The molecule has 1 aromatic rings. The number of aryl methyl sites for hydroxylation is 2. The van der Waals surface area contributed by atoms with Crippen molar-refractivity contribution in [2.75, 3.05) is 12.0 Å². The number of hydrogen-bond donors (Lipinski definition) is 1. The number of nitrogens with one attached hydrogen (secondary N) is 1. The van der Waals surface area contributed by atoms with Gasteiger partial charge in [0.25, 0.3) is 0 Å². The molecule has 72 valence electrons. The van der Waals surface area contributed by atoms with Gasteiger partial charge in [0, 0.05) is 11.8 Å². The molecule has 1 unspecified atom stereocenters. The Morgan fingerprint density at radius 2 is 2.15 bits per heavy atom. The fourth-order valence-corrected chi connectivity index (χ4v) is 1.08. The molecule has 0 aliphatic heterocycles. The summed E-state index contributed by atoms with van der Waals surface area (Å²) in [6, 6.07) is 1.60. The molecule has 0 fully saturated rings. The summed E-state index contributed by atoms with van der Waals surface area (Å²) in [5, 5.41) is 2.95. The van der Waals surface area contributed by atoms with Crippen LogP contribution in [0.5, 0.6) is 0 Å². The predicted octanol–water partition coefficient (Wildman–Crippen LogP) is 1.86. The average molecular weight is 183 g/mol. The van der Waals surface area contributed by atoms with E-state index in [1.807, 2.05) is 13.8 Å². The van der Waals surface area contributed by atoms with E-state index >= 15 is 0 Å². The third-order valence-electron chi connectivity index (χ3n) is 1.59. The van der Waals surface area contributed by atoms with E-state index in [4.69, 9.17) is 0 Å². The van der Waals surface area contributed by atoms with Gasteiger partial charge < -0.3 is 5.32 Å². The van der Waals surface area contributed by atoms with Crippen LogP contribution >= 0.6 is 0 Å². The molecule has 0 aliphatic carbocycles. The lowest BCUT2D eigenvalue weighted by atomic mass is 10.3. The lowest BCUT2D eigenvalue weighted by Gasteiger charge is -2.10. The fourth-order valence-electron chi connectivity index (χ4n) is 1.08. The molecule has 1 atom stereocenters. The summed E-state index contributed by atoms with van der Waals surface area (Å²) in [6.07, 6.45) is 0. The Morgan fingerprint density at radius 3 is 2.69 bits per heavy atom. The molecule has 4 heteroatoms. The van der Waals surface area contributed by atoms with Gasteiger partial charge in [0.2, 0.25) is 0 Å². The van der Waals surface area contributed by atoms with E-state index in [9.17, 15) is 4.39 Å². The zero-order chi connectivity index (χ0) is 9.84. The Bertz CT molecular complexity index is 268. The molecule has 1 rings (SSSR count). The minimum Gasteiger partial charge on any atom is -0.365 e. The van der Waals surface area contributed by atoms with E-state index in [0.29, 0.717) is 11.6 Å². The first-order valence-electron chi connectivity index (χ1n) is 4.26. The van der Waals surface area contributed by atoms with Crippen molar-refractivity contribution >= 4 is 5.82 Å². The van der Waals surface area contributed by atoms with Crippen molar-refractivity contribution in [2.24, 2.45) is 0 Å². The number of halogens is 1. The molecule has 0 aromatic carbocycles. The van der Waals surface area contributed by atoms with E-state index < -0.39 is 6.67 Å². The maximum Gasteiger partial charge on any atom is 0.130 e. The van der Waals surface area contributed by atoms with Gasteiger partial charge in [0.05, 0.1) is 6.04 Å². The summed E-state index contributed by atoms with van der Waals surface area (Å²) >= 11 is 0. The molecule has 0 saturated heterocycles. The monoisotopic (exact) mass is 183 g/mol. The van der Waals surface area contributed by atoms with Crippen molar-refractivity contribution in [3.63, 3.8) is 0 Å². The van der Waals surface area contributed by atoms with Crippen LogP contribution in [-0.2, 0) is 0 Å². The molecule has 1 heterocycles. The van der Waals surface area contributed by atoms with Crippen LogP contribution in [-0.4, -0.2) is 22.7 Å². The predicted molar refractivity (Wildman–Crippen MR) is 50.6 cm³/mol. The van der Waals surface area contributed by atoms with Crippen LogP contribution in [0.4, 0.5) is 10.2 Å². The van der Waals surface area contributed by atoms with Gasteiger partial charge >= 0.3 is 0 Å². The highest BCUT2D eigenvalue weighted by atomic mass is 19.1. The van der Waals surface area contributed by atoms with Crippen LogP contribution in [0, 0.1) is 13.8 Å². The molecule has 0 saturated carbocycles. The molecule has 0 amide bonds. The van der Waals surface area contributed by atoms with Gasteiger partial charge in [-0.2, -0.15) is 0 Å². The highest BCUT2D eigenvalue weighted by molar-refractivity contribution is 5.36. The summed E-state index contributed by atoms with van der Waals surface area (Å²) in [7, 11) is 0. The van der Waals surface area contributed by atoms with E-state index in [0.717, 1.165) is 5.69 Å². The van der Waals surface area contributed by atoms with Crippen molar-refractivity contribution < 1.29 is 4.39 Å². The first-order valence-corrected chi connectivity index (χ1v) is 4.26. The summed E-state index contributed by atoms with van der Waals surface area (Å²) in [5.41, 5.74) is 0.890. The SMILES string of the molecule is Cc1cc(NC(C)CF)nc(C)n1. The topological polar surface area (TPSA) is 37.8 Å². The summed E-state index contributed by atoms with van der Waals surface area (Å²) < 4.78 is 12.2. The number of anilines is 1. The van der Waals surface area contributed by atoms with Gasteiger partial charge in [-0.15, -0.1) is 0 Å². The molecule has 3 nitrogen and oxygen atoms in total. The zero-order valence-electron chi connectivity index (χ0n) is 8.13. The Kier molecular flexibility index (Phi) is 3.17. The van der Waals surface area contributed by atoms with Gasteiger partial charge in [-0.05, 0) is 20.8 Å². The van der Waals surface area contributed by atoms with Crippen molar-refractivity contribution in [2.45, 2.75) is 26.8 Å². The van der Waals surface area contributed by atoms with E-state index in [2.05, 4.69) is 15.3 Å². The first-order chi connectivity index (χ1) is 6.11. The van der Waals surface area contributed by atoms with Gasteiger partial charge in [-0.1, -0.05) is 0 Å². The highest BCUT2D eigenvalue weighted by Crippen LogP contribution is 2.07.